The van der Waals surface area contributed by atoms with Crippen LogP contribution in [-0.4, -0.2) is 52.7 Å². The Hall–Kier alpha value is -1.62. The van der Waals surface area contributed by atoms with E-state index in [4.69, 9.17) is 10.8 Å². The summed E-state index contributed by atoms with van der Waals surface area (Å²) in [6, 6.07) is 5.70. The number of carboxylic acids is 2. The first-order chi connectivity index (χ1) is 15.7. The zero-order valence-corrected chi connectivity index (χ0v) is 21.7. The fourth-order valence-corrected chi connectivity index (χ4v) is 7.16. The molecule has 0 aromatic heterocycles. The first kappa shape index (κ1) is 28.6. The molecule has 1 saturated carbocycles. The molecule has 0 bridgehead atoms. The summed E-state index contributed by atoms with van der Waals surface area (Å²) < 4.78 is 32.8. The molecule has 0 heterocycles. The summed E-state index contributed by atoms with van der Waals surface area (Å²) in [6.07, 6.45) is 3.58. The molecule has 1 aromatic carbocycles. The molecule has 3 rings (SSSR count). The van der Waals surface area contributed by atoms with Crippen LogP contribution < -0.4 is 5.73 Å². The van der Waals surface area contributed by atoms with Gasteiger partial charge in [-0.15, -0.1) is 0 Å². The summed E-state index contributed by atoms with van der Waals surface area (Å²) in [5, 5.41) is 18.1. The van der Waals surface area contributed by atoms with Gasteiger partial charge in [0.05, 0.1) is 11.2 Å². The van der Waals surface area contributed by atoms with Gasteiger partial charge in [0.15, 0.2) is 0 Å². The van der Waals surface area contributed by atoms with Crippen molar-refractivity contribution in [2.24, 2.45) is 17.1 Å². The number of carboxylic acid groups (broad SMARTS) is 2. The Morgan fingerprint density at radius 1 is 1.24 bits per heavy atom. The maximum atomic E-state index is 12.2. The summed E-state index contributed by atoms with van der Waals surface area (Å²) >= 11 is 3.81. The first-order valence-electron chi connectivity index (χ1n) is 11.6. The van der Waals surface area contributed by atoms with Gasteiger partial charge in [0, 0.05) is 0 Å². The van der Waals surface area contributed by atoms with Crippen molar-refractivity contribution in [3.05, 3.63) is 34.9 Å². The molecule has 2 aliphatic carbocycles. The molecule has 0 radical (unpaired) electrons. The molecule has 0 unspecified atom stereocenters. The molecule has 34 heavy (non-hydrogen) atoms. The van der Waals surface area contributed by atoms with E-state index < -0.39 is 39.3 Å². The van der Waals surface area contributed by atoms with E-state index in [0.29, 0.717) is 37.4 Å². The average Bonchev–Trinajstić information content (AvgIpc) is 2.72. The highest BCUT2D eigenvalue weighted by Gasteiger charge is 2.59. The molecule has 5 N–H and O–H groups in total. The minimum Gasteiger partial charge on any atom is -0.481 e. The molecule has 1 fully saturated rings. The van der Waals surface area contributed by atoms with Gasteiger partial charge in [0.1, 0.15) is 6.04 Å². The van der Waals surface area contributed by atoms with E-state index in [0.717, 1.165) is 18.4 Å². The minimum atomic E-state index is -4.38. The lowest BCUT2D eigenvalue weighted by Gasteiger charge is -2.54. The van der Waals surface area contributed by atoms with Crippen molar-refractivity contribution in [3.63, 3.8) is 0 Å². The van der Waals surface area contributed by atoms with E-state index in [9.17, 15) is 27.7 Å². The van der Waals surface area contributed by atoms with E-state index in [-0.39, 0.29) is 11.3 Å². The average molecular weight is 516 g/mol. The van der Waals surface area contributed by atoms with Crippen LogP contribution in [0, 0.1) is 11.3 Å². The van der Waals surface area contributed by atoms with Crippen molar-refractivity contribution in [1.29, 1.82) is 0 Å². The van der Waals surface area contributed by atoms with E-state index in [1.807, 2.05) is 0 Å². The molecule has 1 aromatic rings. The lowest BCUT2D eigenvalue weighted by Crippen LogP contribution is -2.56. The smallest absolute Gasteiger partial charge is 0.320 e. The van der Waals surface area contributed by atoms with Crippen molar-refractivity contribution in [3.8, 4) is 0 Å². The number of carbonyl (C=O) groups is 2. The SMILES string of the molecule is CC(C)c1ccc2c(c1)CC[C@H]1[C@@](CS(=O)(=O)O)(C(=O)O)CCC[C@]21C.N[C@@H](CCS)C(=O)O. The zero-order valence-electron chi connectivity index (χ0n) is 20.0. The second-order valence-electron chi connectivity index (χ2n) is 10.1. The number of thiol groups is 1. The maximum Gasteiger partial charge on any atom is 0.320 e. The lowest BCUT2D eigenvalue weighted by molar-refractivity contribution is -0.157. The van der Waals surface area contributed by atoms with Gasteiger partial charge in [0.2, 0.25) is 0 Å². The van der Waals surface area contributed by atoms with Gasteiger partial charge in [0.25, 0.3) is 10.1 Å². The second kappa shape index (κ2) is 11.0. The Kier molecular flexibility index (Phi) is 9.23. The maximum absolute atomic E-state index is 12.2. The zero-order chi connectivity index (χ0) is 25.9. The van der Waals surface area contributed by atoms with Crippen LogP contribution in [-0.2, 0) is 31.5 Å². The number of rotatable bonds is 7. The molecule has 0 spiro atoms. The molecule has 0 amide bonds. The van der Waals surface area contributed by atoms with Crippen LogP contribution in [0.2, 0.25) is 0 Å². The second-order valence-corrected chi connectivity index (χ2v) is 12.0. The summed E-state index contributed by atoms with van der Waals surface area (Å²) in [4.78, 5) is 22.2. The number of hydrogen-bond acceptors (Lipinski definition) is 6. The molecular formula is C24H37NO7S2. The van der Waals surface area contributed by atoms with Crippen LogP contribution in [0.1, 0.15) is 75.5 Å². The number of hydrogen-bond donors (Lipinski definition) is 5. The van der Waals surface area contributed by atoms with Crippen LogP contribution in [0.5, 0.6) is 0 Å². The van der Waals surface area contributed by atoms with Gasteiger partial charge in [-0.3, -0.25) is 14.1 Å². The van der Waals surface area contributed by atoms with Gasteiger partial charge >= 0.3 is 11.9 Å². The van der Waals surface area contributed by atoms with E-state index in [2.05, 4.69) is 51.6 Å². The lowest BCUT2D eigenvalue weighted by atomic mass is 9.49. The van der Waals surface area contributed by atoms with E-state index in [1.54, 1.807) is 0 Å². The predicted molar refractivity (Wildman–Crippen MR) is 134 cm³/mol. The van der Waals surface area contributed by atoms with Gasteiger partial charge < -0.3 is 15.9 Å². The number of aliphatic carboxylic acids is 2. The van der Waals surface area contributed by atoms with Crippen molar-refractivity contribution in [2.75, 3.05) is 11.5 Å². The molecule has 4 atom stereocenters. The molecule has 8 nitrogen and oxygen atoms in total. The van der Waals surface area contributed by atoms with Crippen molar-refractivity contribution in [2.45, 2.75) is 76.7 Å². The Morgan fingerprint density at radius 3 is 2.35 bits per heavy atom. The topological polar surface area (TPSA) is 155 Å². The quantitative estimate of drug-likeness (QED) is 0.273. The Labute approximate surface area is 207 Å². The summed E-state index contributed by atoms with van der Waals surface area (Å²) in [6.45, 7) is 6.38. The highest BCUT2D eigenvalue weighted by atomic mass is 32.2. The normalized spacial score (nSPS) is 27.1. The standard InChI is InChI=1S/C20H28O5S.C4H9NO2S/c1-13(2)14-5-7-16-15(11-14)6-8-17-19(16,3)9-4-10-20(17,18(21)22)12-26(23,24)25;5-3(1-2-8)4(6)7/h5,7,11,13,17H,4,6,8-10,12H2,1-3H3,(H,21,22)(H,23,24,25);3,8H,1-2,5H2,(H,6,7)/t17-,19-,20-;3-/m10/s1. The molecule has 0 saturated heterocycles. The highest BCUT2D eigenvalue weighted by Crippen LogP contribution is 2.58. The van der Waals surface area contributed by atoms with E-state index in [1.165, 1.54) is 11.1 Å². The van der Waals surface area contributed by atoms with Crippen LogP contribution in [0.25, 0.3) is 0 Å². The van der Waals surface area contributed by atoms with Gasteiger partial charge in [-0.25, -0.2) is 0 Å². The van der Waals surface area contributed by atoms with Gasteiger partial charge in [-0.1, -0.05) is 45.4 Å². The third-order valence-corrected chi connectivity index (χ3v) is 8.63. The monoisotopic (exact) mass is 515 g/mol. The molecule has 10 heteroatoms. The van der Waals surface area contributed by atoms with Crippen molar-refractivity contribution >= 4 is 34.7 Å². The minimum absolute atomic E-state index is 0.293. The molecular weight excluding hydrogens is 478 g/mol. The van der Waals surface area contributed by atoms with Crippen LogP contribution in [0.3, 0.4) is 0 Å². The van der Waals surface area contributed by atoms with Crippen molar-refractivity contribution < 1.29 is 32.8 Å². The fraction of sp³-hybridized carbons (Fsp3) is 0.667. The Bertz CT molecular complexity index is 1010. The Balaban J connectivity index is 0.000000440. The van der Waals surface area contributed by atoms with Gasteiger partial charge in [-0.05, 0) is 71.8 Å². The summed E-state index contributed by atoms with van der Waals surface area (Å²) in [5.74, 6) is -2.12. The third kappa shape index (κ3) is 6.13. The predicted octanol–water partition coefficient (Wildman–Crippen LogP) is 3.49. The fourth-order valence-electron chi connectivity index (χ4n) is 5.76. The molecule has 0 aliphatic heterocycles. The van der Waals surface area contributed by atoms with Gasteiger partial charge in [-0.2, -0.15) is 21.0 Å². The number of nitrogens with two attached hydrogens (primary N) is 1. The van der Waals surface area contributed by atoms with Crippen LogP contribution in [0.4, 0.5) is 0 Å². The largest absolute Gasteiger partial charge is 0.481 e. The first-order valence-corrected chi connectivity index (χ1v) is 13.8. The Morgan fingerprint density at radius 2 is 1.88 bits per heavy atom. The van der Waals surface area contributed by atoms with Crippen LogP contribution >= 0.6 is 12.6 Å². The molecule has 2 aliphatic rings. The number of fused-ring (bicyclic) bond motifs is 3. The van der Waals surface area contributed by atoms with Crippen molar-refractivity contribution in [1.82, 2.24) is 0 Å². The summed E-state index contributed by atoms with van der Waals surface area (Å²) in [7, 11) is -4.38. The molecule has 192 valence electrons. The van der Waals surface area contributed by atoms with Crippen LogP contribution in [0.15, 0.2) is 18.2 Å². The third-order valence-electron chi connectivity index (χ3n) is 7.49. The highest BCUT2D eigenvalue weighted by molar-refractivity contribution is 7.85. The number of aryl methyl sites for hydroxylation is 1. The van der Waals surface area contributed by atoms with E-state index >= 15 is 0 Å². The summed E-state index contributed by atoms with van der Waals surface area (Å²) in [5.41, 5.74) is 6.94. The number of benzene rings is 1.